The molecule has 1 heterocycles. The topological polar surface area (TPSA) is 49.7 Å². The van der Waals surface area contributed by atoms with Gasteiger partial charge < -0.3 is 14.9 Å². The highest BCUT2D eigenvalue weighted by molar-refractivity contribution is 5.52. The molecule has 0 saturated heterocycles. The van der Waals surface area contributed by atoms with E-state index in [1.54, 1.807) is 6.07 Å². The molecule has 0 fully saturated rings. The Kier molecular flexibility index (Phi) is 4.14. The van der Waals surface area contributed by atoms with Gasteiger partial charge in [0.05, 0.1) is 6.10 Å². The Hall–Kier alpha value is -2.26. The monoisotopic (exact) mass is 310 g/mol. The highest BCUT2D eigenvalue weighted by atomic mass is 16.5. The molecular weight excluding hydrogens is 288 g/mol. The standard InChI is InChI=1S/C20H22O3/c1-20(2)19(22)12-16-11-15(17(21)13-18(16)23-20)10-6-9-14-7-4-3-5-8-14/h3-9,11,13,19,21-22H,10,12H2,1-2H3/b9-6+/t19-/m1/s1. The zero-order valence-electron chi connectivity index (χ0n) is 13.5. The number of aliphatic hydroxyl groups is 1. The Labute approximate surface area is 136 Å². The van der Waals surface area contributed by atoms with Crippen molar-refractivity contribution in [3.8, 4) is 11.5 Å². The Balaban J connectivity index is 1.79. The lowest BCUT2D eigenvalue weighted by Gasteiger charge is -2.37. The Morgan fingerprint density at radius 2 is 1.96 bits per heavy atom. The molecule has 0 bridgehead atoms. The van der Waals surface area contributed by atoms with Gasteiger partial charge in [0.25, 0.3) is 0 Å². The number of allylic oxidation sites excluding steroid dienone is 1. The van der Waals surface area contributed by atoms with Crippen molar-refractivity contribution < 1.29 is 14.9 Å². The van der Waals surface area contributed by atoms with Gasteiger partial charge in [-0.2, -0.15) is 0 Å². The maximum Gasteiger partial charge on any atom is 0.129 e. The molecule has 1 aliphatic rings. The van der Waals surface area contributed by atoms with Crippen molar-refractivity contribution in [1.82, 2.24) is 0 Å². The predicted molar refractivity (Wildman–Crippen MR) is 91.7 cm³/mol. The van der Waals surface area contributed by atoms with Crippen LogP contribution in [0.5, 0.6) is 11.5 Å². The molecule has 0 aromatic heterocycles. The van der Waals surface area contributed by atoms with Crippen LogP contribution < -0.4 is 4.74 Å². The minimum atomic E-state index is -0.631. The summed E-state index contributed by atoms with van der Waals surface area (Å²) in [5.41, 5.74) is 2.28. The molecule has 2 aromatic carbocycles. The molecule has 0 saturated carbocycles. The third-order valence-electron chi connectivity index (χ3n) is 4.30. The average molecular weight is 310 g/mol. The summed E-state index contributed by atoms with van der Waals surface area (Å²) in [5.74, 6) is 0.891. The average Bonchev–Trinajstić information content (AvgIpc) is 2.51. The van der Waals surface area contributed by atoms with Gasteiger partial charge in [-0.3, -0.25) is 0 Å². The van der Waals surface area contributed by atoms with Gasteiger partial charge in [0.15, 0.2) is 0 Å². The molecule has 3 heteroatoms. The molecule has 120 valence electrons. The third kappa shape index (κ3) is 3.40. The number of benzene rings is 2. The molecule has 0 spiro atoms. The molecular formula is C20H22O3. The first-order chi connectivity index (χ1) is 11.0. The van der Waals surface area contributed by atoms with Crippen molar-refractivity contribution in [2.75, 3.05) is 0 Å². The molecule has 0 radical (unpaired) electrons. The van der Waals surface area contributed by atoms with Gasteiger partial charge in [-0.1, -0.05) is 42.5 Å². The molecule has 3 nitrogen and oxygen atoms in total. The van der Waals surface area contributed by atoms with Gasteiger partial charge in [-0.25, -0.2) is 0 Å². The van der Waals surface area contributed by atoms with Gasteiger partial charge in [0, 0.05) is 12.5 Å². The lowest BCUT2D eigenvalue weighted by Crippen LogP contribution is -2.46. The molecule has 1 atom stereocenters. The molecule has 3 rings (SSSR count). The fraction of sp³-hybridized carbons (Fsp3) is 0.300. The number of aromatic hydroxyl groups is 1. The van der Waals surface area contributed by atoms with E-state index in [-0.39, 0.29) is 5.75 Å². The smallest absolute Gasteiger partial charge is 0.129 e. The minimum Gasteiger partial charge on any atom is -0.508 e. The summed E-state index contributed by atoms with van der Waals surface area (Å²) in [4.78, 5) is 0. The van der Waals surface area contributed by atoms with Crippen LogP contribution >= 0.6 is 0 Å². The van der Waals surface area contributed by atoms with Gasteiger partial charge in [-0.05, 0) is 43.0 Å². The van der Waals surface area contributed by atoms with Gasteiger partial charge in [0.2, 0.25) is 0 Å². The van der Waals surface area contributed by atoms with E-state index in [1.165, 1.54) is 0 Å². The number of ether oxygens (including phenoxy) is 1. The number of phenolic OH excluding ortho intramolecular Hbond substituents is 1. The molecule has 0 unspecified atom stereocenters. The molecule has 2 N–H and O–H groups in total. The lowest BCUT2D eigenvalue weighted by molar-refractivity contribution is -0.0412. The number of aliphatic hydroxyl groups excluding tert-OH is 1. The maximum atomic E-state index is 10.2. The van der Waals surface area contributed by atoms with Crippen LogP contribution in [0.15, 0.2) is 48.5 Å². The zero-order valence-corrected chi connectivity index (χ0v) is 13.5. The summed E-state index contributed by atoms with van der Waals surface area (Å²) < 4.78 is 5.81. The Morgan fingerprint density at radius 1 is 1.22 bits per heavy atom. The molecule has 1 aliphatic heterocycles. The van der Waals surface area contributed by atoms with E-state index in [4.69, 9.17) is 4.74 Å². The van der Waals surface area contributed by atoms with Crippen LogP contribution in [0, 0.1) is 0 Å². The first kappa shape index (κ1) is 15.6. The molecule has 0 aliphatic carbocycles. The summed E-state index contributed by atoms with van der Waals surface area (Å²) >= 11 is 0. The summed E-state index contributed by atoms with van der Waals surface area (Å²) in [6.07, 6.45) is 4.69. The Morgan fingerprint density at radius 3 is 2.70 bits per heavy atom. The number of phenols is 1. The lowest BCUT2D eigenvalue weighted by atomic mass is 9.90. The summed E-state index contributed by atoms with van der Waals surface area (Å²) in [6.45, 7) is 3.71. The van der Waals surface area contributed by atoms with Crippen molar-refractivity contribution in [2.24, 2.45) is 0 Å². The van der Waals surface area contributed by atoms with Crippen LogP contribution in [-0.4, -0.2) is 21.9 Å². The van der Waals surface area contributed by atoms with E-state index >= 15 is 0 Å². The number of rotatable bonds is 3. The predicted octanol–water partition coefficient (Wildman–Crippen LogP) is 3.72. The number of fused-ring (bicyclic) bond motifs is 1. The quantitative estimate of drug-likeness (QED) is 0.908. The van der Waals surface area contributed by atoms with Crippen molar-refractivity contribution in [2.45, 2.75) is 38.4 Å². The summed E-state index contributed by atoms with van der Waals surface area (Å²) in [7, 11) is 0. The van der Waals surface area contributed by atoms with Gasteiger partial charge >= 0.3 is 0 Å². The van der Waals surface area contributed by atoms with Crippen LogP contribution in [0.4, 0.5) is 0 Å². The van der Waals surface area contributed by atoms with Gasteiger partial charge in [-0.15, -0.1) is 0 Å². The van der Waals surface area contributed by atoms with E-state index < -0.39 is 11.7 Å². The van der Waals surface area contributed by atoms with E-state index in [2.05, 4.69) is 0 Å². The highest BCUT2D eigenvalue weighted by Gasteiger charge is 2.35. The second-order valence-corrected chi connectivity index (χ2v) is 6.53. The third-order valence-corrected chi connectivity index (χ3v) is 4.30. The zero-order chi connectivity index (χ0) is 16.4. The molecule has 2 aromatic rings. The first-order valence-corrected chi connectivity index (χ1v) is 7.89. The van der Waals surface area contributed by atoms with E-state index in [0.29, 0.717) is 18.6 Å². The van der Waals surface area contributed by atoms with Crippen LogP contribution in [-0.2, 0) is 12.8 Å². The summed E-state index contributed by atoms with van der Waals surface area (Å²) in [5, 5.41) is 20.4. The SMILES string of the molecule is CC1(C)Oc2cc(O)c(C/C=C/c3ccccc3)cc2C[C@H]1O. The van der Waals surface area contributed by atoms with Crippen LogP contribution in [0.3, 0.4) is 0 Å². The van der Waals surface area contributed by atoms with Crippen molar-refractivity contribution in [3.05, 3.63) is 65.2 Å². The fourth-order valence-electron chi connectivity index (χ4n) is 2.77. The van der Waals surface area contributed by atoms with Crippen LogP contribution in [0.1, 0.15) is 30.5 Å². The van der Waals surface area contributed by atoms with Crippen molar-refractivity contribution >= 4 is 6.08 Å². The van der Waals surface area contributed by atoms with Crippen molar-refractivity contribution in [1.29, 1.82) is 0 Å². The van der Waals surface area contributed by atoms with Gasteiger partial charge in [0.1, 0.15) is 17.1 Å². The number of hydrogen-bond donors (Lipinski definition) is 2. The van der Waals surface area contributed by atoms with E-state index in [0.717, 1.165) is 16.7 Å². The largest absolute Gasteiger partial charge is 0.508 e. The van der Waals surface area contributed by atoms with Crippen molar-refractivity contribution in [3.63, 3.8) is 0 Å². The highest BCUT2D eigenvalue weighted by Crippen LogP contribution is 2.37. The maximum absolute atomic E-state index is 10.2. The second kappa shape index (κ2) is 6.09. The first-order valence-electron chi connectivity index (χ1n) is 7.89. The summed E-state index contributed by atoms with van der Waals surface area (Å²) in [6, 6.07) is 13.6. The van der Waals surface area contributed by atoms with Crippen LogP contribution in [0.2, 0.25) is 0 Å². The van der Waals surface area contributed by atoms with E-state index in [1.807, 2.05) is 62.4 Å². The Bertz CT molecular complexity index is 717. The normalized spacial score (nSPS) is 19.3. The van der Waals surface area contributed by atoms with Crippen LogP contribution in [0.25, 0.3) is 6.08 Å². The minimum absolute atomic E-state index is 0.230. The molecule has 23 heavy (non-hydrogen) atoms. The molecule has 0 amide bonds. The second-order valence-electron chi connectivity index (χ2n) is 6.53. The van der Waals surface area contributed by atoms with E-state index in [9.17, 15) is 10.2 Å². The number of hydrogen-bond acceptors (Lipinski definition) is 3. The fourth-order valence-corrected chi connectivity index (χ4v) is 2.77.